The molecule has 0 radical (unpaired) electrons. The van der Waals surface area contributed by atoms with E-state index in [9.17, 15) is 13.0 Å². The Balaban J connectivity index is 0. The molecule has 0 heterocycles. The minimum atomic E-state index is -4.09. The van der Waals surface area contributed by atoms with Crippen LogP contribution in [0.2, 0.25) is 0 Å². The van der Waals surface area contributed by atoms with Crippen molar-refractivity contribution in [1.29, 1.82) is 0 Å². The van der Waals surface area contributed by atoms with E-state index in [2.05, 4.69) is 19.2 Å². The first-order valence-electron chi connectivity index (χ1n) is 9.66. The summed E-state index contributed by atoms with van der Waals surface area (Å²) in [5.41, 5.74) is 0. The van der Waals surface area contributed by atoms with Crippen LogP contribution in [0.5, 0.6) is 0 Å². The van der Waals surface area contributed by atoms with Crippen molar-refractivity contribution in [3.63, 3.8) is 0 Å². The first-order chi connectivity index (χ1) is 11.0. The summed E-state index contributed by atoms with van der Waals surface area (Å²) in [6.45, 7) is 5.29. The number of hydrogen-bond acceptors (Lipinski definition) is 4. The molecule has 4 nitrogen and oxygen atoms in total. The second-order valence-electron chi connectivity index (χ2n) is 6.67. The average molecular weight is 372 g/mol. The fourth-order valence-corrected chi connectivity index (χ4v) is 3.39. The van der Waals surface area contributed by atoms with Gasteiger partial charge in [0.05, 0.1) is 10.1 Å². The van der Waals surface area contributed by atoms with E-state index < -0.39 is 10.1 Å². The first kappa shape index (κ1) is 27.1. The monoisotopic (exact) mass is 371 g/mol. The first-order valence-corrected chi connectivity index (χ1v) is 11.2. The zero-order chi connectivity index (χ0) is 17.4. The topological polar surface area (TPSA) is 69.2 Å². The molecule has 0 aromatic carbocycles. The molecule has 0 spiro atoms. The van der Waals surface area contributed by atoms with Crippen LogP contribution in [0.15, 0.2) is 0 Å². The molecule has 0 aliphatic heterocycles. The predicted octanol–water partition coefficient (Wildman–Crippen LogP) is 1.60. The Morgan fingerprint density at radius 3 is 1.79 bits per heavy atom. The maximum atomic E-state index is 10.8. The Bertz CT molecular complexity index is 350. The van der Waals surface area contributed by atoms with Gasteiger partial charge in [-0.1, -0.05) is 78.1 Å². The van der Waals surface area contributed by atoms with E-state index in [1.54, 1.807) is 0 Å². The van der Waals surface area contributed by atoms with E-state index in [1.165, 1.54) is 51.4 Å². The van der Waals surface area contributed by atoms with Gasteiger partial charge in [0.1, 0.15) is 0 Å². The van der Waals surface area contributed by atoms with E-state index in [-0.39, 0.29) is 41.4 Å². The molecule has 0 saturated carbocycles. The Morgan fingerprint density at radius 2 is 1.29 bits per heavy atom. The van der Waals surface area contributed by atoms with Gasteiger partial charge in [-0.15, -0.1) is 0 Å². The summed E-state index contributed by atoms with van der Waals surface area (Å²) in [7, 11) is -4.09. The van der Waals surface area contributed by atoms with Gasteiger partial charge in [-0.2, -0.15) is 0 Å². The van der Waals surface area contributed by atoms with Crippen LogP contribution in [0.4, 0.5) is 0 Å². The zero-order valence-electron chi connectivity index (χ0n) is 16.3. The second kappa shape index (κ2) is 18.7. The number of rotatable bonds is 17. The van der Waals surface area contributed by atoms with Gasteiger partial charge in [0, 0.05) is 11.8 Å². The van der Waals surface area contributed by atoms with E-state index in [0.29, 0.717) is 6.42 Å². The molecular weight excluding hydrogens is 333 g/mol. The van der Waals surface area contributed by atoms with Gasteiger partial charge in [0.25, 0.3) is 0 Å². The van der Waals surface area contributed by atoms with Crippen molar-refractivity contribution < 1.29 is 42.5 Å². The second-order valence-corrected chi connectivity index (χ2v) is 8.20. The third-order valence-electron chi connectivity index (χ3n) is 4.34. The molecule has 140 valence electrons. The maximum Gasteiger partial charge on any atom is 1.00 e. The fraction of sp³-hybridized carbons (Fsp3) is 1.00. The molecule has 0 aliphatic rings. The van der Waals surface area contributed by atoms with Crippen molar-refractivity contribution >= 4 is 10.1 Å². The van der Waals surface area contributed by atoms with E-state index in [0.717, 1.165) is 32.2 Å². The van der Waals surface area contributed by atoms with Crippen LogP contribution in [0.3, 0.4) is 0 Å². The molecule has 0 bridgehead atoms. The van der Waals surface area contributed by atoms with Gasteiger partial charge in [-0.3, -0.25) is 0 Å². The van der Waals surface area contributed by atoms with Crippen LogP contribution in [0, 0.1) is 0 Å². The van der Waals surface area contributed by atoms with E-state index >= 15 is 0 Å². The molecule has 1 N–H and O–H groups in total. The summed E-state index contributed by atoms with van der Waals surface area (Å²) in [6.07, 6.45) is 15.3. The SMILES string of the molecule is CCCCCCCCCCCC(CCS(=O)(=O)[O-])NCCCC.[Na+]. The summed E-state index contributed by atoms with van der Waals surface area (Å²) in [5, 5.41) is 3.42. The van der Waals surface area contributed by atoms with Gasteiger partial charge in [0.2, 0.25) is 0 Å². The molecule has 0 rings (SSSR count). The smallest absolute Gasteiger partial charge is 0.748 e. The minimum absolute atomic E-state index is 0. The molecular formula is C18H38NNaO3S. The molecule has 1 unspecified atom stereocenters. The van der Waals surface area contributed by atoms with Crippen molar-refractivity contribution in [1.82, 2.24) is 5.32 Å². The summed E-state index contributed by atoms with van der Waals surface area (Å²) < 4.78 is 32.4. The number of nitrogens with one attached hydrogen (secondary N) is 1. The molecule has 0 fully saturated rings. The van der Waals surface area contributed by atoms with Crippen LogP contribution >= 0.6 is 0 Å². The Hall–Kier alpha value is 0.870. The fourth-order valence-electron chi connectivity index (χ4n) is 2.82. The van der Waals surface area contributed by atoms with Crippen LogP contribution in [0.1, 0.15) is 97.3 Å². The largest absolute Gasteiger partial charge is 1.00 e. The summed E-state index contributed by atoms with van der Waals surface area (Å²) in [6, 6.07) is 0.176. The van der Waals surface area contributed by atoms with Gasteiger partial charge >= 0.3 is 29.6 Å². The van der Waals surface area contributed by atoms with Crippen LogP contribution < -0.4 is 34.9 Å². The van der Waals surface area contributed by atoms with Gasteiger partial charge < -0.3 is 9.87 Å². The number of hydrogen-bond donors (Lipinski definition) is 1. The molecule has 0 saturated heterocycles. The van der Waals surface area contributed by atoms with Gasteiger partial charge in [0.15, 0.2) is 0 Å². The Labute approximate surface area is 173 Å². The molecule has 0 aliphatic carbocycles. The van der Waals surface area contributed by atoms with E-state index in [4.69, 9.17) is 0 Å². The third-order valence-corrected chi connectivity index (χ3v) is 5.07. The molecule has 0 amide bonds. The molecule has 6 heteroatoms. The minimum Gasteiger partial charge on any atom is -0.748 e. The van der Waals surface area contributed by atoms with Crippen molar-refractivity contribution in [2.24, 2.45) is 0 Å². The van der Waals surface area contributed by atoms with Gasteiger partial charge in [-0.25, -0.2) is 8.42 Å². The summed E-state index contributed by atoms with van der Waals surface area (Å²) >= 11 is 0. The quantitative estimate of drug-likeness (QED) is 0.240. The zero-order valence-corrected chi connectivity index (χ0v) is 19.1. The standard InChI is InChI=1S/C18H39NO3S.Na/c1-3-5-7-8-9-10-11-12-13-14-18(19-16-6-4-2)15-17-23(20,21)22;/h18-19H,3-17H2,1-2H3,(H,20,21,22);/q;+1/p-1. The van der Waals surface area contributed by atoms with Crippen molar-refractivity contribution in [3.05, 3.63) is 0 Å². The van der Waals surface area contributed by atoms with E-state index in [1.807, 2.05) is 0 Å². The van der Waals surface area contributed by atoms with Crippen molar-refractivity contribution in [2.75, 3.05) is 12.3 Å². The van der Waals surface area contributed by atoms with Crippen molar-refractivity contribution in [2.45, 2.75) is 103 Å². The third kappa shape index (κ3) is 20.9. The van der Waals surface area contributed by atoms with Crippen LogP contribution in [0.25, 0.3) is 0 Å². The van der Waals surface area contributed by atoms with Gasteiger partial charge in [-0.05, 0) is 25.8 Å². The van der Waals surface area contributed by atoms with Crippen LogP contribution in [-0.2, 0) is 10.1 Å². The molecule has 0 aromatic rings. The predicted molar refractivity (Wildman–Crippen MR) is 97.7 cm³/mol. The number of unbranched alkanes of at least 4 members (excludes halogenated alkanes) is 9. The molecule has 24 heavy (non-hydrogen) atoms. The molecule has 1 atom stereocenters. The Morgan fingerprint density at radius 1 is 0.792 bits per heavy atom. The Kier molecular flexibility index (Phi) is 21.1. The maximum absolute atomic E-state index is 10.8. The summed E-state index contributed by atoms with van der Waals surface area (Å²) in [4.78, 5) is 0. The molecule has 0 aromatic heterocycles. The summed E-state index contributed by atoms with van der Waals surface area (Å²) in [5.74, 6) is -0.242. The normalized spacial score (nSPS) is 12.8. The van der Waals surface area contributed by atoms with Crippen LogP contribution in [-0.4, -0.2) is 31.3 Å². The van der Waals surface area contributed by atoms with Crippen molar-refractivity contribution in [3.8, 4) is 0 Å². The average Bonchev–Trinajstić information content (AvgIpc) is 2.49.